The lowest BCUT2D eigenvalue weighted by molar-refractivity contribution is 0.112. The van der Waals surface area contributed by atoms with Crippen molar-refractivity contribution in [3.8, 4) is 11.5 Å². The molecule has 0 aliphatic carbocycles. The molecular formula is C9H9NO4. The number of primary amides is 1. The van der Waals surface area contributed by atoms with Gasteiger partial charge in [-0.3, -0.25) is 4.79 Å². The summed E-state index contributed by atoms with van der Waals surface area (Å²) in [6.07, 6.45) is -0.456. The fraction of sp³-hybridized carbons (Fsp3) is 0.111. The minimum absolute atomic E-state index is 0.138. The van der Waals surface area contributed by atoms with Gasteiger partial charge in [0.2, 0.25) is 0 Å². The summed E-state index contributed by atoms with van der Waals surface area (Å²) >= 11 is 0. The quantitative estimate of drug-likeness (QED) is 0.688. The highest BCUT2D eigenvalue weighted by molar-refractivity contribution is 5.80. The van der Waals surface area contributed by atoms with E-state index in [1.807, 2.05) is 0 Å². The van der Waals surface area contributed by atoms with Crippen molar-refractivity contribution in [3.05, 3.63) is 23.3 Å². The molecule has 5 heteroatoms. The SMILES string of the molecule is Cc1cc(C=O)c(O)cc1OC(N)=O. The molecule has 0 atom stereocenters. The van der Waals surface area contributed by atoms with Crippen LogP contribution in [-0.4, -0.2) is 17.5 Å². The van der Waals surface area contributed by atoms with Gasteiger partial charge in [-0.2, -0.15) is 0 Å². The van der Waals surface area contributed by atoms with E-state index in [2.05, 4.69) is 4.74 Å². The Morgan fingerprint density at radius 1 is 1.57 bits per heavy atom. The first kappa shape index (κ1) is 10.0. The molecule has 3 N–H and O–H groups in total. The summed E-state index contributed by atoms with van der Waals surface area (Å²) in [6.45, 7) is 1.63. The molecule has 14 heavy (non-hydrogen) atoms. The van der Waals surface area contributed by atoms with E-state index in [4.69, 9.17) is 5.73 Å². The Labute approximate surface area is 80.1 Å². The van der Waals surface area contributed by atoms with E-state index < -0.39 is 6.09 Å². The van der Waals surface area contributed by atoms with E-state index in [-0.39, 0.29) is 17.1 Å². The van der Waals surface area contributed by atoms with Crippen LogP contribution in [0.4, 0.5) is 4.79 Å². The molecule has 0 unspecified atom stereocenters. The van der Waals surface area contributed by atoms with Gasteiger partial charge in [-0.1, -0.05) is 0 Å². The number of hydrogen-bond acceptors (Lipinski definition) is 4. The number of aryl methyl sites for hydroxylation is 1. The van der Waals surface area contributed by atoms with Crippen molar-refractivity contribution in [2.24, 2.45) is 5.73 Å². The van der Waals surface area contributed by atoms with Gasteiger partial charge in [-0.25, -0.2) is 4.79 Å². The predicted molar refractivity (Wildman–Crippen MR) is 48.4 cm³/mol. The number of phenolic OH excluding ortho intramolecular Hbond substituents is 1. The van der Waals surface area contributed by atoms with Crippen LogP contribution < -0.4 is 10.5 Å². The van der Waals surface area contributed by atoms with Crippen molar-refractivity contribution < 1.29 is 19.4 Å². The second-order valence-corrected chi connectivity index (χ2v) is 2.72. The molecule has 0 spiro atoms. The molecule has 1 rings (SSSR count). The Morgan fingerprint density at radius 2 is 2.21 bits per heavy atom. The summed E-state index contributed by atoms with van der Waals surface area (Å²) in [5, 5.41) is 9.27. The molecule has 0 radical (unpaired) electrons. The average Bonchev–Trinajstić information content (AvgIpc) is 2.10. The number of carbonyl (C=O) groups is 2. The topological polar surface area (TPSA) is 89.6 Å². The maximum absolute atomic E-state index is 10.4. The highest BCUT2D eigenvalue weighted by atomic mass is 16.5. The lowest BCUT2D eigenvalue weighted by Crippen LogP contribution is -2.16. The van der Waals surface area contributed by atoms with E-state index in [0.29, 0.717) is 11.8 Å². The molecule has 0 saturated heterocycles. The lowest BCUT2D eigenvalue weighted by atomic mass is 10.1. The van der Waals surface area contributed by atoms with Crippen molar-refractivity contribution in [1.82, 2.24) is 0 Å². The third kappa shape index (κ3) is 2.01. The van der Waals surface area contributed by atoms with Gasteiger partial charge in [-0.05, 0) is 18.6 Å². The van der Waals surface area contributed by atoms with E-state index in [0.717, 1.165) is 0 Å². The van der Waals surface area contributed by atoms with Crippen LogP contribution in [0.25, 0.3) is 0 Å². The minimum Gasteiger partial charge on any atom is -0.507 e. The molecule has 0 fully saturated rings. The third-order valence-electron chi connectivity index (χ3n) is 1.66. The molecule has 74 valence electrons. The number of aromatic hydroxyl groups is 1. The van der Waals surface area contributed by atoms with Crippen LogP contribution in [-0.2, 0) is 0 Å². The molecule has 0 heterocycles. The van der Waals surface area contributed by atoms with Crippen LogP contribution in [0.3, 0.4) is 0 Å². The van der Waals surface area contributed by atoms with E-state index in [1.165, 1.54) is 12.1 Å². The summed E-state index contributed by atoms with van der Waals surface area (Å²) in [5.41, 5.74) is 5.49. The molecule has 0 aliphatic heterocycles. The zero-order valence-corrected chi connectivity index (χ0v) is 7.48. The van der Waals surface area contributed by atoms with Crippen molar-refractivity contribution >= 4 is 12.4 Å². The first-order valence-corrected chi connectivity index (χ1v) is 3.80. The minimum atomic E-state index is -0.966. The van der Waals surface area contributed by atoms with Crippen molar-refractivity contribution in [2.45, 2.75) is 6.92 Å². The maximum atomic E-state index is 10.4. The van der Waals surface area contributed by atoms with Gasteiger partial charge in [-0.15, -0.1) is 0 Å². The number of hydrogen-bond donors (Lipinski definition) is 2. The number of ether oxygens (including phenoxy) is 1. The van der Waals surface area contributed by atoms with Crippen molar-refractivity contribution in [1.29, 1.82) is 0 Å². The van der Waals surface area contributed by atoms with Gasteiger partial charge >= 0.3 is 6.09 Å². The fourth-order valence-electron chi connectivity index (χ4n) is 1.01. The molecule has 0 aliphatic rings. The highest BCUT2D eigenvalue weighted by Crippen LogP contribution is 2.26. The Hall–Kier alpha value is -2.04. The maximum Gasteiger partial charge on any atom is 0.409 e. The van der Waals surface area contributed by atoms with Crippen LogP contribution in [0.2, 0.25) is 0 Å². The van der Waals surface area contributed by atoms with Crippen molar-refractivity contribution in [3.63, 3.8) is 0 Å². The molecule has 0 aromatic heterocycles. The number of nitrogens with two attached hydrogens (primary N) is 1. The van der Waals surface area contributed by atoms with Crippen LogP contribution >= 0.6 is 0 Å². The Kier molecular flexibility index (Phi) is 2.71. The molecule has 1 amide bonds. The van der Waals surface area contributed by atoms with E-state index >= 15 is 0 Å². The van der Waals surface area contributed by atoms with Gasteiger partial charge in [0.25, 0.3) is 0 Å². The number of benzene rings is 1. The highest BCUT2D eigenvalue weighted by Gasteiger charge is 2.08. The largest absolute Gasteiger partial charge is 0.507 e. The fourth-order valence-corrected chi connectivity index (χ4v) is 1.01. The van der Waals surface area contributed by atoms with E-state index in [1.54, 1.807) is 6.92 Å². The molecule has 1 aromatic rings. The second kappa shape index (κ2) is 3.78. The Bertz CT molecular complexity index is 387. The normalized spacial score (nSPS) is 9.50. The molecule has 0 bridgehead atoms. The van der Waals surface area contributed by atoms with Gasteiger partial charge in [0.05, 0.1) is 5.56 Å². The van der Waals surface area contributed by atoms with Crippen LogP contribution in [0, 0.1) is 6.92 Å². The predicted octanol–water partition coefficient (Wildman–Crippen LogP) is 0.971. The zero-order valence-electron chi connectivity index (χ0n) is 7.48. The zero-order chi connectivity index (χ0) is 10.7. The summed E-state index contributed by atoms with van der Waals surface area (Å²) in [5.74, 6) is -0.109. The summed E-state index contributed by atoms with van der Waals surface area (Å²) in [4.78, 5) is 20.9. The van der Waals surface area contributed by atoms with Gasteiger partial charge in [0, 0.05) is 6.07 Å². The second-order valence-electron chi connectivity index (χ2n) is 2.72. The standard InChI is InChI=1S/C9H9NO4/c1-5-2-6(4-11)7(12)3-8(5)14-9(10)13/h2-4,12H,1H3,(H2,10,13). The smallest absolute Gasteiger partial charge is 0.409 e. The first-order valence-electron chi connectivity index (χ1n) is 3.80. The van der Waals surface area contributed by atoms with Crippen LogP contribution in [0.5, 0.6) is 11.5 Å². The van der Waals surface area contributed by atoms with E-state index in [9.17, 15) is 14.7 Å². The Balaban J connectivity index is 3.14. The summed E-state index contributed by atoms with van der Waals surface area (Å²) < 4.78 is 4.59. The van der Waals surface area contributed by atoms with Crippen LogP contribution in [0.15, 0.2) is 12.1 Å². The summed E-state index contributed by atoms with van der Waals surface area (Å²) in [7, 11) is 0. The number of carbonyl (C=O) groups excluding carboxylic acids is 2. The van der Waals surface area contributed by atoms with Crippen LogP contribution in [0.1, 0.15) is 15.9 Å². The first-order chi connectivity index (χ1) is 6.54. The summed E-state index contributed by atoms with van der Waals surface area (Å²) in [6, 6.07) is 2.57. The average molecular weight is 195 g/mol. The molecule has 0 saturated carbocycles. The Morgan fingerprint density at radius 3 is 2.71 bits per heavy atom. The van der Waals surface area contributed by atoms with Gasteiger partial charge < -0.3 is 15.6 Å². The monoisotopic (exact) mass is 195 g/mol. The number of aldehydes is 1. The van der Waals surface area contributed by atoms with Gasteiger partial charge in [0.1, 0.15) is 11.5 Å². The molecule has 5 nitrogen and oxygen atoms in total. The van der Waals surface area contributed by atoms with Crippen molar-refractivity contribution in [2.75, 3.05) is 0 Å². The number of amides is 1. The molecular weight excluding hydrogens is 186 g/mol. The lowest BCUT2D eigenvalue weighted by Gasteiger charge is -2.06. The molecule has 1 aromatic carbocycles. The van der Waals surface area contributed by atoms with Gasteiger partial charge in [0.15, 0.2) is 6.29 Å². The number of phenols is 1. The number of rotatable bonds is 2. The third-order valence-corrected chi connectivity index (χ3v) is 1.66.